The number of amides is 1. The Morgan fingerprint density at radius 2 is 1.52 bits per heavy atom. The molecular formula is C14H6BrCl4NO3. The van der Waals surface area contributed by atoms with Crippen molar-refractivity contribution in [1.29, 1.82) is 0 Å². The molecule has 0 spiro atoms. The molecule has 0 aliphatic carbocycles. The topological polar surface area (TPSA) is 66.4 Å². The van der Waals surface area contributed by atoms with Gasteiger partial charge in [-0.05, 0) is 18.2 Å². The van der Waals surface area contributed by atoms with Crippen LogP contribution < -0.4 is 5.32 Å². The van der Waals surface area contributed by atoms with Gasteiger partial charge in [-0.3, -0.25) is 4.79 Å². The Bertz CT molecular complexity index is 826. The van der Waals surface area contributed by atoms with E-state index in [2.05, 4.69) is 21.2 Å². The van der Waals surface area contributed by atoms with Gasteiger partial charge in [0, 0.05) is 10.2 Å². The van der Waals surface area contributed by atoms with Gasteiger partial charge < -0.3 is 10.4 Å². The smallest absolute Gasteiger partial charge is 0.338 e. The minimum atomic E-state index is -1.45. The van der Waals surface area contributed by atoms with Gasteiger partial charge >= 0.3 is 5.97 Å². The Morgan fingerprint density at radius 1 is 0.957 bits per heavy atom. The fraction of sp³-hybridized carbons (Fsp3) is 0. The van der Waals surface area contributed by atoms with E-state index in [0.717, 1.165) is 4.47 Å². The highest BCUT2D eigenvalue weighted by atomic mass is 79.9. The van der Waals surface area contributed by atoms with Crippen molar-refractivity contribution in [1.82, 2.24) is 0 Å². The zero-order valence-electron chi connectivity index (χ0n) is 11.0. The summed E-state index contributed by atoms with van der Waals surface area (Å²) in [4.78, 5) is 23.9. The van der Waals surface area contributed by atoms with Crippen LogP contribution in [-0.2, 0) is 0 Å². The number of hydrogen-bond donors (Lipinski definition) is 2. The molecule has 0 fully saturated rings. The van der Waals surface area contributed by atoms with E-state index in [-0.39, 0.29) is 25.7 Å². The summed E-state index contributed by atoms with van der Waals surface area (Å²) in [6.45, 7) is 0. The molecule has 2 N–H and O–H groups in total. The molecule has 2 aromatic rings. The summed E-state index contributed by atoms with van der Waals surface area (Å²) in [5.74, 6) is -2.22. The molecule has 0 bridgehead atoms. The van der Waals surface area contributed by atoms with Gasteiger partial charge in [-0.25, -0.2) is 4.79 Å². The van der Waals surface area contributed by atoms with Crippen LogP contribution in [0.15, 0.2) is 28.7 Å². The van der Waals surface area contributed by atoms with Crippen molar-refractivity contribution in [3.8, 4) is 0 Å². The van der Waals surface area contributed by atoms with Crippen molar-refractivity contribution in [2.75, 3.05) is 5.32 Å². The van der Waals surface area contributed by atoms with Gasteiger partial charge in [0.05, 0.1) is 31.2 Å². The summed E-state index contributed by atoms with van der Waals surface area (Å²) in [7, 11) is 0. The van der Waals surface area contributed by atoms with Crippen LogP contribution in [0.1, 0.15) is 20.7 Å². The lowest BCUT2D eigenvalue weighted by Gasteiger charge is -2.14. The minimum absolute atomic E-state index is 0.192. The maximum absolute atomic E-state index is 12.5. The van der Waals surface area contributed by atoms with E-state index in [1.165, 1.54) is 0 Å². The Morgan fingerprint density at radius 3 is 2.04 bits per heavy atom. The molecule has 0 aromatic heterocycles. The van der Waals surface area contributed by atoms with E-state index in [4.69, 9.17) is 46.4 Å². The number of carbonyl (C=O) groups is 2. The van der Waals surface area contributed by atoms with Crippen LogP contribution in [0, 0.1) is 0 Å². The molecular weight excluding hydrogens is 452 g/mol. The average Bonchev–Trinajstić information content (AvgIpc) is 2.48. The predicted octanol–water partition coefficient (Wildman–Crippen LogP) is 6.01. The highest BCUT2D eigenvalue weighted by Gasteiger charge is 2.28. The molecule has 0 aliphatic rings. The Balaban J connectivity index is 2.58. The fourth-order valence-corrected chi connectivity index (χ4v) is 3.22. The number of benzene rings is 2. The summed E-state index contributed by atoms with van der Waals surface area (Å²) in [5.41, 5.74) is -0.448. The first-order valence-electron chi connectivity index (χ1n) is 5.90. The van der Waals surface area contributed by atoms with Gasteiger partial charge in [0.1, 0.15) is 0 Å². The maximum atomic E-state index is 12.5. The van der Waals surface area contributed by atoms with Crippen molar-refractivity contribution in [3.63, 3.8) is 0 Å². The second kappa shape index (κ2) is 7.28. The van der Waals surface area contributed by atoms with Crippen LogP contribution in [0.5, 0.6) is 0 Å². The average molecular weight is 458 g/mol. The molecule has 0 radical (unpaired) electrons. The van der Waals surface area contributed by atoms with E-state index in [1.54, 1.807) is 24.3 Å². The third-order valence-electron chi connectivity index (χ3n) is 2.79. The van der Waals surface area contributed by atoms with E-state index in [0.29, 0.717) is 5.69 Å². The number of rotatable bonds is 3. The standard InChI is InChI=1S/C14H6BrCl4NO3/c15-5-2-1-3-6(4-5)20-13(21)7-8(14(22)23)10(17)12(19)11(18)9(7)16/h1-4H,(H,20,21)(H,22,23). The molecule has 23 heavy (non-hydrogen) atoms. The number of carboxylic acids is 1. The van der Waals surface area contributed by atoms with Crippen molar-refractivity contribution < 1.29 is 14.7 Å². The van der Waals surface area contributed by atoms with Crippen LogP contribution in [0.3, 0.4) is 0 Å². The molecule has 0 aliphatic heterocycles. The SMILES string of the molecule is O=C(O)c1c(Cl)c(Cl)c(Cl)c(Cl)c1C(=O)Nc1cccc(Br)c1. The predicted molar refractivity (Wildman–Crippen MR) is 95.5 cm³/mol. The van der Waals surface area contributed by atoms with E-state index >= 15 is 0 Å². The van der Waals surface area contributed by atoms with Crippen molar-refractivity contribution in [3.05, 3.63) is 60.0 Å². The third-order valence-corrected chi connectivity index (χ3v) is 5.09. The summed E-state index contributed by atoms with van der Waals surface area (Å²) in [6.07, 6.45) is 0. The van der Waals surface area contributed by atoms with Gasteiger partial charge in [0.15, 0.2) is 0 Å². The number of halogens is 5. The number of anilines is 1. The van der Waals surface area contributed by atoms with Crippen molar-refractivity contribution in [2.45, 2.75) is 0 Å². The van der Waals surface area contributed by atoms with Gasteiger partial charge in [-0.15, -0.1) is 0 Å². The van der Waals surface area contributed by atoms with Gasteiger partial charge in [-0.2, -0.15) is 0 Å². The van der Waals surface area contributed by atoms with Gasteiger partial charge in [-0.1, -0.05) is 68.4 Å². The Kier molecular flexibility index (Phi) is 5.81. The highest BCUT2D eigenvalue weighted by Crippen LogP contribution is 2.41. The second-order valence-electron chi connectivity index (χ2n) is 4.28. The molecule has 1 amide bonds. The molecule has 0 atom stereocenters. The largest absolute Gasteiger partial charge is 0.478 e. The molecule has 0 unspecified atom stereocenters. The highest BCUT2D eigenvalue weighted by molar-refractivity contribution is 9.10. The molecule has 9 heteroatoms. The molecule has 0 heterocycles. The lowest BCUT2D eigenvalue weighted by molar-refractivity contribution is 0.0692. The normalized spacial score (nSPS) is 10.5. The van der Waals surface area contributed by atoms with Crippen LogP contribution >= 0.6 is 62.3 Å². The number of carboxylic acid groups (broad SMARTS) is 1. The lowest BCUT2D eigenvalue weighted by atomic mass is 10.1. The first-order chi connectivity index (χ1) is 10.7. The van der Waals surface area contributed by atoms with Gasteiger partial charge in [0.2, 0.25) is 0 Å². The first kappa shape index (κ1) is 18.4. The third kappa shape index (κ3) is 3.75. The zero-order valence-corrected chi connectivity index (χ0v) is 15.6. The van der Waals surface area contributed by atoms with Crippen LogP contribution in [0.2, 0.25) is 20.1 Å². The number of nitrogens with one attached hydrogen (secondary N) is 1. The molecule has 2 aromatic carbocycles. The molecule has 0 saturated carbocycles. The molecule has 0 saturated heterocycles. The summed E-state index contributed by atoms with van der Waals surface area (Å²) < 4.78 is 0.729. The number of aromatic carboxylic acids is 1. The van der Waals surface area contributed by atoms with E-state index in [1.807, 2.05) is 0 Å². The Hall–Kier alpha value is -0.980. The fourth-order valence-electron chi connectivity index (χ4n) is 1.81. The van der Waals surface area contributed by atoms with Crippen molar-refractivity contribution >= 4 is 79.9 Å². The second-order valence-corrected chi connectivity index (χ2v) is 6.70. The van der Waals surface area contributed by atoms with Crippen molar-refractivity contribution in [2.24, 2.45) is 0 Å². The lowest BCUT2D eigenvalue weighted by Crippen LogP contribution is -2.18. The summed E-state index contributed by atoms with van der Waals surface area (Å²) in [5, 5.41) is 10.8. The van der Waals surface area contributed by atoms with E-state index < -0.39 is 17.4 Å². The molecule has 2 rings (SSSR count). The first-order valence-corrected chi connectivity index (χ1v) is 8.20. The number of carbonyl (C=O) groups excluding carboxylic acids is 1. The zero-order chi connectivity index (χ0) is 17.3. The summed E-state index contributed by atoms with van der Waals surface area (Å²) in [6, 6.07) is 6.71. The summed E-state index contributed by atoms with van der Waals surface area (Å²) >= 11 is 26.9. The minimum Gasteiger partial charge on any atom is -0.478 e. The van der Waals surface area contributed by atoms with Crippen LogP contribution in [-0.4, -0.2) is 17.0 Å². The van der Waals surface area contributed by atoms with Gasteiger partial charge in [0.25, 0.3) is 5.91 Å². The van der Waals surface area contributed by atoms with Crippen LogP contribution in [0.25, 0.3) is 0 Å². The van der Waals surface area contributed by atoms with E-state index in [9.17, 15) is 14.7 Å². The Labute approximate surface area is 159 Å². The molecule has 4 nitrogen and oxygen atoms in total. The quantitative estimate of drug-likeness (QED) is 0.438. The monoisotopic (exact) mass is 455 g/mol. The van der Waals surface area contributed by atoms with Crippen LogP contribution in [0.4, 0.5) is 5.69 Å². The maximum Gasteiger partial charge on any atom is 0.338 e. The number of hydrogen-bond acceptors (Lipinski definition) is 2. The molecule has 120 valence electrons.